The zero-order valence-electron chi connectivity index (χ0n) is 14.2. The van der Waals surface area contributed by atoms with Gasteiger partial charge in [0.1, 0.15) is 16.3 Å². The smallest absolute Gasteiger partial charge is 0.405 e. The highest BCUT2D eigenvalue weighted by Gasteiger charge is 2.28. The molecule has 27 heavy (non-hydrogen) atoms. The van der Waals surface area contributed by atoms with E-state index in [1.165, 1.54) is 5.32 Å². The summed E-state index contributed by atoms with van der Waals surface area (Å²) in [5.74, 6) is -1.99. The van der Waals surface area contributed by atoms with Crippen LogP contribution in [-0.4, -0.2) is 42.2 Å². The van der Waals surface area contributed by atoms with Crippen LogP contribution in [0.3, 0.4) is 0 Å². The minimum absolute atomic E-state index is 0.0422. The molecule has 0 radical (unpaired) electrons. The third kappa shape index (κ3) is 5.29. The number of ether oxygens (including phenoxy) is 1. The maximum atomic E-state index is 12.1. The number of anilines is 1. The molecule has 0 saturated heterocycles. The normalized spacial score (nSPS) is 11.3. The molecule has 0 fully saturated rings. The molecule has 0 aliphatic rings. The Balaban J connectivity index is 1.97. The van der Waals surface area contributed by atoms with Crippen molar-refractivity contribution in [3.63, 3.8) is 0 Å². The zero-order valence-corrected chi connectivity index (χ0v) is 15.0. The molecule has 0 unspecified atom stereocenters. The van der Waals surface area contributed by atoms with Crippen molar-refractivity contribution in [1.29, 1.82) is 0 Å². The second-order valence-electron chi connectivity index (χ2n) is 5.53. The van der Waals surface area contributed by atoms with E-state index in [0.717, 1.165) is 22.6 Å². The van der Waals surface area contributed by atoms with Crippen LogP contribution in [-0.2, 0) is 9.53 Å². The Kier molecular flexibility index (Phi) is 5.88. The fourth-order valence-corrected chi connectivity index (χ4v) is 3.32. The van der Waals surface area contributed by atoms with E-state index in [9.17, 15) is 27.6 Å². The van der Waals surface area contributed by atoms with Crippen LogP contribution in [0.2, 0.25) is 0 Å². The molecule has 2 aromatic heterocycles. The highest BCUT2D eigenvalue weighted by atomic mass is 32.1. The number of alkyl halides is 3. The first kappa shape index (κ1) is 20.4. The molecule has 3 amide bonds. The lowest BCUT2D eigenvalue weighted by Crippen LogP contribution is -2.44. The molecule has 8 nitrogen and oxygen atoms in total. The quantitative estimate of drug-likeness (QED) is 0.670. The summed E-state index contributed by atoms with van der Waals surface area (Å²) in [5, 5.41) is 3.66. The minimum atomic E-state index is -4.62. The first-order valence-electron chi connectivity index (χ1n) is 7.45. The number of esters is 1. The number of amides is 3. The number of hydrogen-bond acceptors (Lipinski definition) is 7. The molecule has 12 heteroatoms. The van der Waals surface area contributed by atoms with Crippen LogP contribution in [0.5, 0.6) is 0 Å². The Morgan fingerprint density at radius 2 is 1.96 bits per heavy atom. The Morgan fingerprint density at radius 1 is 1.30 bits per heavy atom. The Morgan fingerprint density at radius 3 is 2.59 bits per heavy atom. The maximum absolute atomic E-state index is 12.1. The van der Waals surface area contributed by atoms with E-state index in [1.54, 1.807) is 18.3 Å². The number of imide groups is 1. The van der Waals surface area contributed by atoms with Gasteiger partial charge in [0, 0.05) is 11.1 Å². The number of aromatic nitrogens is 1. The molecular weight excluding hydrogens is 389 g/mol. The van der Waals surface area contributed by atoms with E-state index in [4.69, 9.17) is 10.5 Å². The molecule has 2 aromatic rings. The van der Waals surface area contributed by atoms with E-state index in [1.807, 2.05) is 6.92 Å². The number of fused-ring (bicyclic) bond motifs is 1. The number of rotatable bonds is 4. The zero-order chi connectivity index (χ0) is 20.4. The molecule has 0 saturated carbocycles. The summed E-state index contributed by atoms with van der Waals surface area (Å²) < 4.78 is 40.7. The first-order chi connectivity index (χ1) is 12.5. The second-order valence-corrected chi connectivity index (χ2v) is 6.53. The number of carbonyl (C=O) groups excluding carboxylic acids is 3. The predicted molar refractivity (Wildman–Crippen MR) is 91.4 cm³/mol. The predicted octanol–water partition coefficient (Wildman–Crippen LogP) is 2.04. The van der Waals surface area contributed by atoms with Gasteiger partial charge in [-0.25, -0.2) is 14.6 Å². The van der Waals surface area contributed by atoms with E-state index < -0.39 is 37.2 Å². The van der Waals surface area contributed by atoms with Gasteiger partial charge in [-0.1, -0.05) is 0 Å². The molecule has 0 bridgehead atoms. The van der Waals surface area contributed by atoms with Crippen molar-refractivity contribution in [1.82, 2.24) is 15.6 Å². The van der Waals surface area contributed by atoms with Crippen LogP contribution in [0.4, 0.5) is 23.7 Å². The third-order valence-corrected chi connectivity index (χ3v) is 4.33. The van der Waals surface area contributed by atoms with Crippen molar-refractivity contribution in [2.45, 2.75) is 20.0 Å². The Hall–Kier alpha value is -2.89. The average molecular weight is 404 g/mol. The van der Waals surface area contributed by atoms with E-state index >= 15 is 0 Å². The van der Waals surface area contributed by atoms with Crippen LogP contribution < -0.4 is 16.4 Å². The topological polar surface area (TPSA) is 123 Å². The fraction of sp³-hybridized carbons (Fsp3) is 0.333. The molecule has 4 N–H and O–H groups in total. The van der Waals surface area contributed by atoms with Crippen LogP contribution in [0.25, 0.3) is 10.2 Å². The molecule has 0 atom stereocenters. The Labute approximate surface area is 154 Å². The first-order valence-corrected chi connectivity index (χ1v) is 8.27. The maximum Gasteiger partial charge on any atom is 0.405 e. The van der Waals surface area contributed by atoms with Crippen LogP contribution in [0, 0.1) is 13.8 Å². The van der Waals surface area contributed by atoms with Gasteiger partial charge in [0.25, 0.3) is 5.91 Å². The number of urea groups is 1. The van der Waals surface area contributed by atoms with Gasteiger partial charge in [0.2, 0.25) is 0 Å². The van der Waals surface area contributed by atoms with Crippen LogP contribution in [0.1, 0.15) is 20.9 Å². The highest BCUT2D eigenvalue weighted by Crippen LogP contribution is 2.35. The van der Waals surface area contributed by atoms with Crippen LogP contribution in [0.15, 0.2) is 6.07 Å². The highest BCUT2D eigenvalue weighted by molar-refractivity contribution is 7.21. The number of thiophene rings is 1. The van der Waals surface area contributed by atoms with Gasteiger partial charge >= 0.3 is 18.2 Å². The number of nitrogen functional groups attached to an aromatic ring is 1. The van der Waals surface area contributed by atoms with Crippen molar-refractivity contribution in [2.24, 2.45) is 0 Å². The molecule has 2 heterocycles. The molecular formula is C15H15F3N4O4S. The minimum Gasteiger partial charge on any atom is -0.451 e. The van der Waals surface area contributed by atoms with Crippen molar-refractivity contribution in [3.8, 4) is 0 Å². The van der Waals surface area contributed by atoms with Crippen LogP contribution >= 0.6 is 11.3 Å². The van der Waals surface area contributed by atoms with Crippen molar-refractivity contribution >= 4 is 45.1 Å². The van der Waals surface area contributed by atoms with E-state index in [-0.39, 0.29) is 10.6 Å². The number of hydrogen-bond donors (Lipinski definition) is 3. The summed E-state index contributed by atoms with van der Waals surface area (Å²) >= 11 is 0.990. The van der Waals surface area contributed by atoms with Gasteiger partial charge in [-0.2, -0.15) is 13.2 Å². The van der Waals surface area contributed by atoms with Gasteiger partial charge in [-0.3, -0.25) is 10.1 Å². The fourth-order valence-electron chi connectivity index (χ4n) is 2.20. The number of pyridine rings is 1. The number of nitrogens with two attached hydrogens (primary N) is 1. The number of nitrogens with zero attached hydrogens (tertiary/aromatic N) is 1. The number of halogens is 3. The summed E-state index contributed by atoms with van der Waals surface area (Å²) in [6.45, 7) is 1.13. The number of nitrogens with one attached hydrogen (secondary N) is 2. The molecule has 146 valence electrons. The van der Waals surface area contributed by atoms with Gasteiger partial charge < -0.3 is 15.8 Å². The van der Waals surface area contributed by atoms with Crippen molar-refractivity contribution in [3.05, 3.63) is 22.2 Å². The monoisotopic (exact) mass is 404 g/mol. The average Bonchev–Trinajstić information content (AvgIpc) is 2.87. The second kappa shape index (κ2) is 7.78. The Bertz CT molecular complexity index is 911. The summed E-state index contributed by atoms with van der Waals surface area (Å²) in [6.07, 6.45) is -4.62. The lowest BCUT2D eigenvalue weighted by molar-refractivity contribution is -0.125. The van der Waals surface area contributed by atoms with Gasteiger partial charge in [-0.05, 0) is 25.5 Å². The molecule has 0 aromatic carbocycles. The molecule has 0 spiro atoms. The van der Waals surface area contributed by atoms with Crippen molar-refractivity contribution in [2.75, 3.05) is 18.9 Å². The summed E-state index contributed by atoms with van der Waals surface area (Å²) in [6, 6.07) is 0.443. The summed E-state index contributed by atoms with van der Waals surface area (Å²) in [4.78, 5) is 39.6. The SMILES string of the molecule is Cc1cc(C)c2c(N)c(C(=O)OCC(=O)NC(=O)NCC(F)(F)F)sc2n1. The van der Waals surface area contributed by atoms with Gasteiger partial charge in [-0.15, -0.1) is 11.3 Å². The molecule has 0 aliphatic heterocycles. The van der Waals surface area contributed by atoms with E-state index in [2.05, 4.69) is 4.98 Å². The number of carbonyl (C=O) groups is 3. The van der Waals surface area contributed by atoms with Crippen molar-refractivity contribution < 1.29 is 32.3 Å². The summed E-state index contributed by atoms with van der Waals surface area (Å²) in [5.41, 5.74) is 7.68. The largest absolute Gasteiger partial charge is 0.451 e. The standard InChI is InChI=1S/C15H15F3N4O4S/c1-6-3-7(2)21-12-9(6)10(19)11(27-12)13(24)26-4-8(23)22-14(25)20-5-15(16,17)18/h3H,4-5,19H2,1-2H3,(H2,20,22,23,25). The van der Waals surface area contributed by atoms with E-state index in [0.29, 0.717) is 10.2 Å². The lowest BCUT2D eigenvalue weighted by Gasteiger charge is -2.09. The third-order valence-electron chi connectivity index (χ3n) is 3.25. The van der Waals surface area contributed by atoms with Gasteiger partial charge in [0.15, 0.2) is 6.61 Å². The lowest BCUT2D eigenvalue weighted by atomic mass is 10.1. The van der Waals surface area contributed by atoms with Gasteiger partial charge in [0.05, 0.1) is 5.69 Å². The summed E-state index contributed by atoms with van der Waals surface area (Å²) in [7, 11) is 0. The molecule has 2 rings (SSSR count). The number of aryl methyl sites for hydroxylation is 2. The molecule has 0 aliphatic carbocycles.